The van der Waals surface area contributed by atoms with Crippen molar-refractivity contribution in [1.29, 1.82) is 0 Å². The van der Waals surface area contributed by atoms with Crippen LogP contribution in [0.3, 0.4) is 0 Å². The van der Waals surface area contributed by atoms with Crippen LogP contribution in [0.15, 0.2) is 72.8 Å². The predicted octanol–water partition coefficient (Wildman–Crippen LogP) is 6.77. The molecule has 1 heterocycles. The number of carbonyl (C=O) groups is 2. The Kier molecular flexibility index (Phi) is 8.48. The van der Waals surface area contributed by atoms with Crippen molar-refractivity contribution in [2.45, 2.75) is 38.4 Å². The van der Waals surface area contributed by atoms with Crippen LogP contribution in [0, 0.1) is 0 Å². The van der Waals surface area contributed by atoms with Gasteiger partial charge in [0.1, 0.15) is 23.0 Å². The highest BCUT2D eigenvalue weighted by molar-refractivity contribution is 8.26. The van der Waals surface area contributed by atoms with Gasteiger partial charge in [0.2, 0.25) is 0 Å². The largest absolute Gasteiger partial charge is 0.494 e. The molecule has 188 valence electrons. The number of benzene rings is 3. The van der Waals surface area contributed by atoms with E-state index in [9.17, 15) is 14.0 Å². The molecule has 0 aromatic heterocycles. The molecule has 0 aliphatic carbocycles. The minimum atomic E-state index is -2.49. The standard InChI is InChI=1S/C28H28FNO5S/c1-2-8-20-19-24(35-23-9-4-3-5-10-23)15-16-25(20)34-18-7-6-17-33-22-13-11-21(12-14-22)28(29)26(31)36-27(32)30-28/h3-5,9-16,19H,2,6-8,17-18H2,1H3,(H,30,32). The van der Waals surface area contributed by atoms with E-state index in [0.717, 1.165) is 48.5 Å². The van der Waals surface area contributed by atoms with Gasteiger partial charge in [-0.15, -0.1) is 0 Å². The summed E-state index contributed by atoms with van der Waals surface area (Å²) in [6.07, 6.45) is 3.48. The molecule has 3 aromatic carbocycles. The predicted molar refractivity (Wildman–Crippen MR) is 138 cm³/mol. The summed E-state index contributed by atoms with van der Waals surface area (Å²) < 4.78 is 32.5. The fourth-order valence-corrected chi connectivity index (χ4v) is 4.44. The van der Waals surface area contributed by atoms with Gasteiger partial charge in [-0.1, -0.05) is 31.5 Å². The molecule has 3 aromatic rings. The van der Waals surface area contributed by atoms with Crippen LogP contribution in [0.25, 0.3) is 0 Å². The van der Waals surface area contributed by atoms with E-state index in [-0.39, 0.29) is 5.56 Å². The van der Waals surface area contributed by atoms with Crippen LogP contribution < -0.4 is 19.5 Å². The zero-order valence-corrected chi connectivity index (χ0v) is 20.8. The molecule has 1 saturated heterocycles. The molecule has 0 saturated carbocycles. The SMILES string of the molecule is CCCc1cc(Oc2ccccc2)ccc1OCCCCOc1ccc(C2(F)NC(=O)SC2=O)cc1. The van der Waals surface area contributed by atoms with E-state index in [1.807, 2.05) is 48.5 Å². The van der Waals surface area contributed by atoms with Gasteiger partial charge in [-0.25, -0.2) is 4.39 Å². The molecule has 1 amide bonds. The summed E-state index contributed by atoms with van der Waals surface area (Å²) in [4.78, 5) is 23.1. The Hall–Kier alpha value is -3.52. The normalized spacial score (nSPS) is 17.1. The van der Waals surface area contributed by atoms with Crippen LogP contribution in [0.2, 0.25) is 0 Å². The van der Waals surface area contributed by atoms with Crippen molar-refractivity contribution in [3.8, 4) is 23.0 Å². The lowest BCUT2D eigenvalue weighted by Gasteiger charge is -2.17. The third-order valence-electron chi connectivity index (χ3n) is 5.59. The highest BCUT2D eigenvalue weighted by Crippen LogP contribution is 2.36. The van der Waals surface area contributed by atoms with Crippen molar-refractivity contribution in [2.75, 3.05) is 13.2 Å². The van der Waals surface area contributed by atoms with E-state index in [1.54, 1.807) is 12.1 Å². The molecule has 6 nitrogen and oxygen atoms in total. The molecule has 1 unspecified atom stereocenters. The molecule has 8 heteroatoms. The zero-order valence-electron chi connectivity index (χ0n) is 20.0. The van der Waals surface area contributed by atoms with Crippen LogP contribution in [0.1, 0.15) is 37.3 Å². The number of rotatable bonds is 12. The van der Waals surface area contributed by atoms with E-state index in [2.05, 4.69) is 12.2 Å². The number of alkyl halides is 1. The first-order valence-electron chi connectivity index (χ1n) is 11.9. The van der Waals surface area contributed by atoms with Crippen molar-refractivity contribution in [2.24, 2.45) is 0 Å². The average molecular weight is 510 g/mol. The van der Waals surface area contributed by atoms with Gasteiger partial charge in [0.25, 0.3) is 16.1 Å². The van der Waals surface area contributed by atoms with Crippen molar-refractivity contribution in [3.63, 3.8) is 0 Å². The van der Waals surface area contributed by atoms with Crippen LogP contribution in [-0.2, 0) is 17.0 Å². The first-order valence-corrected chi connectivity index (χ1v) is 12.7. The Labute approximate surface area is 214 Å². The van der Waals surface area contributed by atoms with Crippen LogP contribution >= 0.6 is 11.8 Å². The quantitative estimate of drug-likeness (QED) is 0.214. The lowest BCUT2D eigenvalue weighted by atomic mass is 10.1. The van der Waals surface area contributed by atoms with Gasteiger partial charge in [-0.3, -0.25) is 9.59 Å². The second-order valence-corrected chi connectivity index (χ2v) is 9.27. The Morgan fingerprint density at radius 3 is 2.22 bits per heavy atom. The van der Waals surface area contributed by atoms with Crippen LogP contribution in [0.5, 0.6) is 23.0 Å². The number of amides is 1. The van der Waals surface area contributed by atoms with E-state index in [4.69, 9.17) is 14.2 Å². The van der Waals surface area contributed by atoms with Crippen molar-refractivity contribution >= 4 is 22.1 Å². The number of ether oxygens (including phenoxy) is 3. The van der Waals surface area contributed by atoms with Gasteiger partial charge in [-0.2, -0.15) is 0 Å². The monoisotopic (exact) mass is 509 g/mol. The molecule has 1 aliphatic rings. The second-order valence-electron chi connectivity index (χ2n) is 8.32. The summed E-state index contributed by atoms with van der Waals surface area (Å²) in [6.45, 7) is 3.16. The van der Waals surface area contributed by atoms with Gasteiger partial charge in [0, 0.05) is 17.3 Å². The Morgan fingerprint density at radius 1 is 0.861 bits per heavy atom. The number of thioether (sulfide) groups is 1. The molecule has 0 bridgehead atoms. The molecule has 0 radical (unpaired) electrons. The molecular weight excluding hydrogens is 481 g/mol. The molecule has 1 aliphatic heterocycles. The Balaban J connectivity index is 1.21. The van der Waals surface area contributed by atoms with Crippen LogP contribution in [-0.4, -0.2) is 23.6 Å². The Bertz CT molecular complexity index is 1190. The third kappa shape index (κ3) is 6.37. The average Bonchev–Trinajstić information content (AvgIpc) is 3.15. The summed E-state index contributed by atoms with van der Waals surface area (Å²) in [5.41, 5.74) is 1.19. The van der Waals surface area contributed by atoms with Crippen molar-refractivity contribution in [1.82, 2.24) is 5.32 Å². The number of para-hydroxylation sites is 1. The van der Waals surface area contributed by atoms with Crippen LogP contribution in [0.4, 0.5) is 9.18 Å². The summed E-state index contributed by atoms with van der Waals surface area (Å²) in [7, 11) is 0. The fraction of sp³-hybridized carbons (Fsp3) is 0.286. The van der Waals surface area contributed by atoms with Crippen molar-refractivity contribution in [3.05, 3.63) is 83.9 Å². The lowest BCUT2D eigenvalue weighted by Crippen LogP contribution is -2.38. The van der Waals surface area contributed by atoms with E-state index >= 15 is 0 Å². The molecule has 1 fully saturated rings. The molecule has 36 heavy (non-hydrogen) atoms. The van der Waals surface area contributed by atoms with E-state index in [1.165, 1.54) is 12.1 Å². The minimum Gasteiger partial charge on any atom is -0.494 e. The summed E-state index contributed by atoms with van der Waals surface area (Å²) in [5.74, 6) is 0.520. The first kappa shape index (κ1) is 25.6. The maximum absolute atomic E-state index is 14.8. The van der Waals surface area contributed by atoms with Gasteiger partial charge < -0.3 is 19.5 Å². The Morgan fingerprint density at radius 2 is 1.56 bits per heavy atom. The highest BCUT2D eigenvalue weighted by Gasteiger charge is 2.49. The van der Waals surface area contributed by atoms with Gasteiger partial charge in [0.05, 0.1) is 13.2 Å². The maximum Gasteiger partial charge on any atom is 0.289 e. The number of hydrogen-bond donors (Lipinski definition) is 1. The topological polar surface area (TPSA) is 73.9 Å². The molecule has 1 atom stereocenters. The van der Waals surface area contributed by atoms with Gasteiger partial charge in [-0.05, 0) is 79.4 Å². The smallest absolute Gasteiger partial charge is 0.289 e. The first-order chi connectivity index (χ1) is 17.5. The minimum absolute atomic E-state index is 0.0784. The molecular formula is C28H28FNO5S. The van der Waals surface area contributed by atoms with Gasteiger partial charge in [0.15, 0.2) is 0 Å². The zero-order chi connectivity index (χ0) is 25.4. The fourth-order valence-electron chi connectivity index (χ4n) is 3.77. The van der Waals surface area contributed by atoms with E-state index < -0.39 is 16.1 Å². The van der Waals surface area contributed by atoms with Gasteiger partial charge >= 0.3 is 0 Å². The summed E-state index contributed by atoms with van der Waals surface area (Å²) >= 11 is 0.337. The van der Waals surface area contributed by atoms with E-state index in [0.29, 0.717) is 30.7 Å². The lowest BCUT2D eigenvalue weighted by molar-refractivity contribution is -0.122. The molecule has 0 spiro atoms. The second kappa shape index (κ2) is 11.9. The maximum atomic E-state index is 14.8. The number of carbonyl (C=O) groups excluding carboxylic acids is 2. The number of nitrogens with one attached hydrogen (secondary N) is 1. The van der Waals surface area contributed by atoms with Crippen molar-refractivity contribution < 1.29 is 28.2 Å². The summed E-state index contributed by atoms with van der Waals surface area (Å²) in [6, 6.07) is 21.7. The number of halogens is 1. The highest BCUT2D eigenvalue weighted by atomic mass is 32.2. The third-order valence-corrected chi connectivity index (χ3v) is 6.34. The number of unbranched alkanes of at least 4 members (excludes halogenated alkanes) is 1. The number of aryl methyl sites for hydroxylation is 1. The number of hydrogen-bond acceptors (Lipinski definition) is 6. The molecule has 1 N–H and O–H groups in total. The summed E-state index contributed by atoms with van der Waals surface area (Å²) in [5, 5.41) is 0.516. The molecule has 4 rings (SSSR count).